The van der Waals surface area contributed by atoms with E-state index in [1.54, 1.807) is 12.1 Å². The molecule has 26 heavy (non-hydrogen) atoms. The van der Waals surface area contributed by atoms with Gasteiger partial charge in [0.25, 0.3) is 17.4 Å². The van der Waals surface area contributed by atoms with Crippen molar-refractivity contribution < 1.29 is 23.5 Å². The van der Waals surface area contributed by atoms with Gasteiger partial charge < -0.3 is 15.3 Å². The van der Waals surface area contributed by atoms with Crippen molar-refractivity contribution in [1.82, 2.24) is 19.8 Å². The number of carbonyl (C=O) groups is 2. The number of rotatable bonds is 6. The lowest BCUT2D eigenvalue weighted by Gasteiger charge is -2.23. The maximum atomic E-state index is 13.3. The molecule has 0 saturated heterocycles. The van der Waals surface area contributed by atoms with Crippen LogP contribution in [-0.2, 0) is 11.3 Å². The second-order valence-electron chi connectivity index (χ2n) is 5.71. The van der Waals surface area contributed by atoms with Crippen molar-refractivity contribution >= 4 is 22.8 Å². The van der Waals surface area contributed by atoms with Gasteiger partial charge in [-0.15, -0.1) is 0 Å². The molecule has 2 N–H and O–H groups in total. The standard InChI is InChI=1S/C16H18F2N4O4/c1-19-14(25)11-6-10-4-3-5-20-13(10)22(15(11)26)7-12(24)21(2)8-16(17,18)9-23/h3-6,23H,7-9H2,1-2H3,(H,19,25). The van der Waals surface area contributed by atoms with Gasteiger partial charge in [-0.05, 0) is 18.2 Å². The van der Waals surface area contributed by atoms with E-state index < -0.39 is 43.0 Å². The molecular formula is C16H18F2N4O4. The molecule has 140 valence electrons. The van der Waals surface area contributed by atoms with Gasteiger partial charge in [0, 0.05) is 25.7 Å². The minimum atomic E-state index is -3.46. The number of nitrogens with zero attached hydrogens (tertiary/aromatic N) is 3. The number of likely N-dealkylation sites (N-methyl/N-ethyl adjacent to an activating group) is 1. The van der Waals surface area contributed by atoms with Crippen LogP contribution in [0.3, 0.4) is 0 Å². The van der Waals surface area contributed by atoms with Gasteiger partial charge in [-0.25, -0.2) is 13.8 Å². The number of pyridine rings is 2. The van der Waals surface area contributed by atoms with E-state index in [0.29, 0.717) is 10.3 Å². The molecule has 2 amide bonds. The van der Waals surface area contributed by atoms with Crippen molar-refractivity contribution in [1.29, 1.82) is 0 Å². The maximum Gasteiger partial charge on any atom is 0.287 e. The van der Waals surface area contributed by atoms with Gasteiger partial charge in [0.2, 0.25) is 5.91 Å². The summed E-state index contributed by atoms with van der Waals surface area (Å²) in [6.07, 6.45) is 1.41. The number of halogens is 2. The molecule has 0 bridgehead atoms. The molecule has 0 saturated carbocycles. The molecule has 0 unspecified atom stereocenters. The van der Waals surface area contributed by atoms with Crippen LogP contribution >= 0.6 is 0 Å². The number of aliphatic hydroxyl groups excluding tert-OH is 1. The summed E-state index contributed by atoms with van der Waals surface area (Å²) in [5.41, 5.74) is -0.795. The van der Waals surface area contributed by atoms with E-state index in [9.17, 15) is 23.2 Å². The zero-order valence-electron chi connectivity index (χ0n) is 14.2. The van der Waals surface area contributed by atoms with Crippen LogP contribution in [0.2, 0.25) is 0 Å². The summed E-state index contributed by atoms with van der Waals surface area (Å²) < 4.78 is 27.5. The summed E-state index contributed by atoms with van der Waals surface area (Å²) in [6.45, 7) is -2.98. The van der Waals surface area contributed by atoms with E-state index in [1.165, 1.54) is 19.3 Å². The topological polar surface area (TPSA) is 105 Å². The first kappa shape index (κ1) is 19.4. The number of carbonyl (C=O) groups excluding carboxylic acids is 2. The van der Waals surface area contributed by atoms with Gasteiger partial charge in [-0.3, -0.25) is 19.0 Å². The molecule has 8 nitrogen and oxygen atoms in total. The molecule has 0 aliphatic rings. The van der Waals surface area contributed by atoms with Gasteiger partial charge in [0.1, 0.15) is 24.4 Å². The van der Waals surface area contributed by atoms with E-state index in [0.717, 1.165) is 11.6 Å². The molecule has 0 spiro atoms. The van der Waals surface area contributed by atoms with E-state index >= 15 is 0 Å². The van der Waals surface area contributed by atoms with Crippen LogP contribution in [-0.4, -0.2) is 64.5 Å². The average molecular weight is 368 g/mol. The summed E-state index contributed by atoms with van der Waals surface area (Å²) in [5, 5.41) is 11.4. The van der Waals surface area contributed by atoms with Crippen LogP contribution in [0.25, 0.3) is 11.0 Å². The fourth-order valence-electron chi connectivity index (χ4n) is 2.39. The molecule has 0 aliphatic carbocycles. The predicted molar refractivity (Wildman–Crippen MR) is 89.1 cm³/mol. The molecule has 0 atom stereocenters. The van der Waals surface area contributed by atoms with Gasteiger partial charge in [0.15, 0.2) is 0 Å². The lowest BCUT2D eigenvalue weighted by Crippen LogP contribution is -2.43. The van der Waals surface area contributed by atoms with Crippen molar-refractivity contribution in [3.8, 4) is 0 Å². The van der Waals surface area contributed by atoms with Crippen molar-refractivity contribution in [2.75, 3.05) is 27.2 Å². The second kappa shape index (κ2) is 7.56. The minimum absolute atomic E-state index is 0.154. The van der Waals surface area contributed by atoms with Gasteiger partial charge >= 0.3 is 0 Å². The van der Waals surface area contributed by atoms with Gasteiger partial charge in [-0.1, -0.05) is 0 Å². The Morgan fingerprint density at radius 3 is 2.73 bits per heavy atom. The van der Waals surface area contributed by atoms with Gasteiger partial charge in [0.05, 0.1) is 6.54 Å². The van der Waals surface area contributed by atoms with Crippen LogP contribution in [0.1, 0.15) is 10.4 Å². The van der Waals surface area contributed by atoms with Gasteiger partial charge in [-0.2, -0.15) is 0 Å². The quantitative estimate of drug-likeness (QED) is 0.737. The summed E-state index contributed by atoms with van der Waals surface area (Å²) >= 11 is 0. The SMILES string of the molecule is CNC(=O)c1cc2cccnc2n(CC(=O)N(C)CC(F)(F)CO)c1=O. The molecule has 0 aromatic carbocycles. The number of amides is 2. The van der Waals surface area contributed by atoms with Crippen molar-refractivity contribution in [2.24, 2.45) is 0 Å². The average Bonchev–Trinajstić information content (AvgIpc) is 2.62. The van der Waals surface area contributed by atoms with Crippen molar-refractivity contribution in [3.63, 3.8) is 0 Å². The number of nitrogens with one attached hydrogen (secondary N) is 1. The molecule has 0 aliphatic heterocycles. The highest BCUT2D eigenvalue weighted by Gasteiger charge is 2.31. The fraction of sp³-hybridized carbons (Fsp3) is 0.375. The molecule has 0 fully saturated rings. The Labute approximate surface area is 147 Å². The Kier molecular flexibility index (Phi) is 5.66. The van der Waals surface area contributed by atoms with E-state index in [1.807, 2.05) is 0 Å². The highest BCUT2D eigenvalue weighted by Crippen LogP contribution is 2.15. The first-order valence-corrected chi connectivity index (χ1v) is 7.63. The summed E-state index contributed by atoms with van der Waals surface area (Å²) in [7, 11) is 2.49. The molecule has 0 radical (unpaired) electrons. The van der Waals surface area contributed by atoms with Crippen LogP contribution < -0.4 is 10.9 Å². The fourth-order valence-corrected chi connectivity index (χ4v) is 2.39. The Morgan fingerprint density at radius 2 is 2.12 bits per heavy atom. The number of fused-ring (bicyclic) bond motifs is 1. The van der Waals surface area contributed by atoms with Crippen LogP contribution in [0.4, 0.5) is 8.78 Å². The monoisotopic (exact) mass is 368 g/mol. The third-order valence-electron chi connectivity index (χ3n) is 3.74. The van der Waals surface area contributed by atoms with E-state index in [-0.39, 0.29) is 11.2 Å². The Balaban J connectivity index is 2.45. The lowest BCUT2D eigenvalue weighted by molar-refractivity contribution is -0.137. The maximum absolute atomic E-state index is 13.3. The molecule has 2 aromatic rings. The zero-order chi connectivity index (χ0) is 19.5. The highest BCUT2D eigenvalue weighted by atomic mass is 19.3. The normalized spacial score (nSPS) is 11.4. The van der Waals surface area contributed by atoms with Crippen LogP contribution in [0, 0.1) is 0 Å². The Hall–Kier alpha value is -2.88. The first-order valence-electron chi connectivity index (χ1n) is 7.63. The number of hydrogen-bond donors (Lipinski definition) is 2. The first-order chi connectivity index (χ1) is 12.2. The molecule has 2 aromatic heterocycles. The third kappa shape index (κ3) is 4.02. The predicted octanol–water partition coefficient (Wildman–Crippen LogP) is -0.158. The van der Waals surface area contributed by atoms with Crippen LogP contribution in [0.15, 0.2) is 29.2 Å². The smallest absolute Gasteiger partial charge is 0.287 e. The van der Waals surface area contributed by atoms with Crippen molar-refractivity contribution in [3.05, 3.63) is 40.3 Å². The number of aliphatic hydroxyl groups is 1. The summed E-state index contributed by atoms with van der Waals surface area (Å²) in [4.78, 5) is 41.5. The lowest BCUT2D eigenvalue weighted by atomic mass is 10.2. The summed E-state index contributed by atoms with van der Waals surface area (Å²) in [5.74, 6) is -4.89. The zero-order valence-corrected chi connectivity index (χ0v) is 14.2. The second-order valence-corrected chi connectivity index (χ2v) is 5.71. The molecule has 2 heterocycles. The Morgan fingerprint density at radius 1 is 1.42 bits per heavy atom. The number of alkyl halides is 2. The van der Waals surface area contributed by atoms with E-state index in [4.69, 9.17) is 5.11 Å². The highest BCUT2D eigenvalue weighted by molar-refractivity contribution is 5.96. The minimum Gasteiger partial charge on any atom is -0.390 e. The third-order valence-corrected chi connectivity index (χ3v) is 3.74. The van der Waals surface area contributed by atoms with Crippen LogP contribution in [0.5, 0.6) is 0 Å². The largest absolute Gasteiger partial charge is 0.390 e. The molecule has 10 heteroatoms. The summed E-state index contributed by atoms with van der Waals surface area (Å²) in [6, 6.07) is 4.56. The Bertz CT molecular complexity index is 897. The molecule has 2 rings (SSSR count). The number of aromatic nitrogens is 2. The van der Waals surface area contributed by atoms with Crippen molar-refractivity contribution in [2.45, 2.75) is 12.5 Å². The number of hydrogen-bond acceptors (Lipinski definition) is 5. The molecular weight excluding hydrogens is 350 g/mol. The van der Waals surface area contributed by atoms with E-state index in [2.05, 4.69) is 10.3 Å².